The largest absolute Gasteiger partial charge is 0.448 e. The Hall–Kier alpha value is -1.69. The van der Waals surface area contributed by atoms with Gasteiger partial charge >= 0.3 is 6.09 Å². The average molecular weight is 292 g/mol. The van der Waals surface area contributed by atoms with Crippen molar-refractivity contribution in [3.63, 3.8) is 0 Å². The summed E-state index contributed by atoms with van der Waals surface area (Å²) in [4.78, 5) is 27.1. The third-order valence-corrected chi connectivity index (χ3v) is 4.73. The van der Waals surface area contributed by atoms with Crippen LogP contribution in [0.5, 0.6) is 0 Å². The summed E-state index contributed by atoms with van der Waals surface area (Å²) in [6, 6.07) is 10.00. The van der Waals surface area contributed by atoms with E-state index in [1.54, 1.807) is 11.8 Å². The van der Waals surface area contributed by atoms with Crippen molar-refractivity contribution < 1.29 is 14.3 Å². The lowest BCUT2D eigenvalue weighted by Gasteiger charge is -2.25. The van der Waals surface area contributed by atoms with Crippen LogP contribution in [-0.2, 0) is 9.53 Å². The van der Waals surface area contributed by atoms with Crippen molar-refractivity contribution in [2.24, 2.45) is 0 Å². The third-order valence-electron chi connectivity index (χ3n) is 3.47. The van der Waals surface area contributed by atoms with Crippen LogP contribution >= 0.6 is 11.8 Å². The number of hydrogen-bond donors (Lipinski definition) is 0. The monoisotopic (exact) mass is 292 g/mol. The molecule has 0 aliphatic carbocycles. The fourth-order valence-corrected chi connectivity index (χ4v) is 3.72. The molecular formula is C14H16N2O3S. The number of ether oxygens (including phenoxy) is 1. The van der Waals surface area contributed by atoms with Crippen molar-refractivity contribution in [3.05, 3.63) is 35.9 Å². The first-order valence-electron chi connectivity index (χ1n) is 6.63. The zero-order chi connectivity index (χ0) is 13.9. The molecule has 1 aromatic rings. The maximum atomic E-state index is 12.4. The Kier molecular flexibility index (Phi) is 3.82. The van der Waals surface area contributed by atoms with Crippen LogP contribution in [0.1, 0.15) is 10.9 Å². The van der Waals surface area contributed by atoms with Crippen molar-refractivity contribution in [2.45, 2.75) is 5.37 Å². The zero-order valence-electron chi connectivity index (χ0n) is 11.0. The van der Waals surface area contributed by atoms with E-state index in [1.165, 1.54) is 4.90 Å². The first-order valence-corrected chi connectivity index (χ1v) is 7.68. The normalized spacial score (nSPS) is 22.2. The predicted octanol–water partition coefficient (Wildman–Crippen LogP) is 1.71. The molecule has 0 radical (unpaired) electrons. The quantitative estimate of drug-likeness (QED) is 0.851. The van der Waals surface area contributed by atoms with E-state index in [2.05, 4.69) is 0 Å². The highest BCUT2D eigenvalue weighted by molar-refractivity contribution is 7.99. The first kappa shape index (κ1) is 13.3. The second kappa shape index (κ2) is 5.75. The van der Waals surface area contributed by atoms with E-state index in [0.717, 1.165) is 17.9 Å². The zero-order valence-corrected chi connectivity index (χ0v) is 11.8. The molecule has 0 spiro atoms. The molecule has 0 saturated carbocycles. The molecule has 2 fully saturated rings. The fourth-order valence-electron chi connectivity index (χ4n) is 2.44. The van der Waals surface area contributed by atoms with Gasteiger partial charge in [0.15, 0.2) is 0 Å². The van der Waals surface area contributed by atoms with E-state index in [4.69, 9.17) is 4.74 Å². The van der Waals surface area contributed by atoms with Gasteiger partial charge in [0.05, 0.1) is 6.54 Å². The third kappa shape index (κ3) is 2.60. The maximum Gasteiger partial charge on any atom is 0.410 e. The van der Waals surface area contributed by atoms with Gasteiger partial charge < -0.3 is 9.64 Å². The van der Waals surface area contributed by atoms with Crippen LogP contribution in [0.3, 0.4) is 0 Å². The highest BCUT2D eigenvalue weighted by atomic mass is 32.2. The standard InChI is InChI=1S/C14H16N2O3S/c17-12(10-15-6-8-19-14(15)18)16-7-9-20-13(16)11-4-2-1-3-5-11/h1-5,13H,6-10H2. The van der Waals surface area contributed by atoms with E-state index in [-0.39, 0.29) is 23.9 Å². The second-order valence-corrected chi connectivity index (χ2v) is 5.94. The molecule has 5 nitrogen and oxygen atoms in total. The molecule has 1 unspecified atom stereocenters. The SMILES string of the molecule is O=C1OCCN1CC(=O)N1CCSC1c1ccccc1. The molecule has 1 atom stereocenters. The van der Waals surface area contributed by atoms with Crippen molar-refractivity contribution in [3.8, 4) is 0 Å². The Morgan fingerprint density at radius 1 is 1.30 bits per heavy atom. The highest BCUT2D eigenvalue weighted by Gasteiger charge is 2.33. The summed E-state index contributed by atoms with van der Waals surface area (Å²) >= 11 is 1.76. The molecule has 2 heterocycles. The van der Waals surface area contributed by atoms with Gasteiger partial charge in [0.25, 0.3) is 0 Å². The predicted molar refractivity (Wildman–Crippen MR) is 76.3 cm³/mol. The lowest BCUT2D eigenvalue weighted by atomic mass is 10.2. The van der Waals surface area contributed by atoms with Gasteiger partial charge in [-0.15, -0.1) is 11.8 Å². The fraction of sp³-hybridized carbons (Fsp3) is 0.429. The number of amides is 2. The van der Waals surface area contributed by atoms with Gasteiger partial charge in [-0.1, -0.05) is 30.3 Å². The molecule has 2 aliphatic heterocycles. The molecule has 0 aromatic heterocycles. The highest BCUT2D eigenvalue weighted by Crippen LogP contribution is 2.37. The van der Waals surface area contributed by atoms with Crippen molar-refractivity contribution in [2.75, 3.05) is 32.0 Å². The lowest BCUT2D eigenvalue weighted by Crippen LogP contribution is -2.40. The Bertz CT molecular complexity index is 508. The molecule has 2 saturated heterocycles. The second-order valence-electron chi connectivity index (χ2n) is 4.76. The number of cyclic esters (lactones) is 1. The summed E-state index contributed by atoms with van der Waals surface area (Å²) in [6.07, 6.45) is -0.388. The van der Waals surface area contributed by atoms with E-state index in [0.29, 0.717) is 13.2 Å². The molecule has 2 aliphatic rings. The maximum absolute atomic E-state index is 12.4. The molecule has 106 valence electrons. The Labute approximate surface area is 121 Å². The molecule has 0 N–H and O–H groups in total. The van der Waals surface area contributed by atoms with E-state index in [1.807, 2.05) is 35.2 Å². The number of carbonyl (C=O) groups excluding carboxylic acids is 2. The van der Waals surface area contributed by atoms with Crippen molar-refractivity contribution in [1.29, 1.82) is 0 Å². The van der Waals surface area contributed by atoms with Crippen molar-refractivity contribution >= 4 is 23.8 Å². The van der Waals surface area contributed by atoms with Crippen LogP contribution in [0, 0.1) is 0 Å². The Balaban J connectivity index is 1.69. The van der Waals surface area contributed by atoms with Crippen LogP contribution in [0.15, 0.2) is 30.3 Å². The topological polar surface area (TPSA) is 49.9 Å². The smallest absolute Gasteiger partial charge is 0.410 e. The summed E-state index contributed by atoms with van der Waals surface area (Å²) in [5.41, 5.74) is 1.13. The minimum atomic E-state index is -0.388. The van der Waals surface area contributed by atoms with E-state index < -0.39 is 0 Å². The molecule has 20 heavy (non-hydrogen) atoms. The van der Waals surface area contributed by atoms with E-state index in [9.17, 15) is 9.59 Å². The van der Waals surface area contributed by atoms with Gasteiger partial charge in [-0.2, -0.15) is 0 Å². The van der Waals surface area contributed by atoms with Crippen molar-refractivity contribution in [1.82, 2.24) is 9.80 Å². The van der Waals surface area contributed by atoms with Gasteiger partial charge in [-0.3, -0.25) is 9.69 Å². The first-order chi connectivity index (χ1) is 9.75. The average Bonchev–Trinajstić information content (AvgIpc) is 3.09. The van der Waals surface area contributed by atoms with Gasteiger partial charge in [0, 0.05) is 12.3 Å². The lowest BCUT2D eigenvalue weighted by molar-refractivity contribution is -0.131. The summed E-state index contributed by atoms with van der Waals surface area (Å²) in [5.74, 6) is 0.915. The minimum absolute atomic E-state index is 0.0114. The van der Waals surface area contributed by atoms with Crippen LogP contribution in [0.2, 0.25) is 0 Å². The van der Waals surface area contributed by atoms with E-state index >= 15 is 0 Å². The number of hydrogen-bond acceptors (Lipinski definition) is 4. The van der Waals surface area contributed by atoms with Crippen LogP contribution in [-0.4, -0.2) is 53.8 Å². The Morgan fingerprint density at radius 3 is 2.80 bits per heavy atom. The van der Waals surface area contributed by atoms with Crippen LogP contribution in [0.4, 0.5) is 4.79 Å². The molecule has 3 rings (SSSR count). The summed E-state index contributed by atoms with van der Waals surface area (Å²) in [7, 11) is 0. The number of benzene rings is 1. The van der Waals surface area contributed by atoms with Crippen LogP contribution < -0.4 is 0 Å². The molecule has 6 heteroatoms. The summed E-state index contributed by atoms with van der Waals surface area (Å²) in [5, 5.41) is 0.0577. The summed E-state index contributed by atoms with van der Waals surface area (Å²) < 4.78 is 4.85. The molecule has 1 aromatic carbocycles. The number of carbonyl (C=O) groups is 2. The minimum Gasteiger partial charge on any atom is -0.448 e. The molecule has 2 amide bonds. The molecular weight excluding hydrogens is 276 g/mol. The van der Waals surface area contributed by atoms with Gasteiger partial charge in [-0.25, -0.2) is 4.79 Å². The Morgan fingerprint density at radius 2 is 2.10 bits per heavy atom. The number of nitrogens with zero attached hydrogens (tertiary/aromatic N) is 2. The van der Waals surface area contributed by atoms with Gasteiger partial charge in [-0.05, 0) is 5.56 Å². The van der Waals surface area contributed by atoms with Gasteiger partial charge in [0.2, 0.25) is 5.91 Å². The van der Waals surface area contributed by atoms with Crippen LogP contribution in [0.25, 0.3) is 0 Å². The number of thioether (sulfide) groups is 1. The summed E-state index contributed by atoms with van der Waals surface area (Å²) in [6.45, 7) is 1.72. The van der Waals surface area contributed by atoms with Gasteiger partial charge in [0.1, 0.15) is 18.5 Å². The molecule has 0 bridgehead atoms. The number of rotatable bonds is 3.